The van der Waals surface area contributed by atoms with Crippen LogP contribution in [0.2, 0.25) is 0 Å². The number of hydrogen-bond acceptors (Lipinski definition) is 0. The summed E-state index contributed by atoms with van der Waals surface area (Å²) in [5.74, 6) is 1.28. The van der Waals surface area contributed by atoms with Crippen molar-refractivity contribution in [2.45, 2.75) is 40.0 Å². The maximum Gasteiger partial charge on any atom is 0.0459 e. The Balaban J connectivity index is 2.60. The lowest BCUT2D eigenvalue weighted by molar-refractivity contribution is 0.640. The third kappa shape index (κ3) is 1.99. The van der Waals surface area contributed by atoms with Crippen molar-refractivity contribution in [1.29, 1.82) is 0 Å². The predicted octanol–water partition coefficient (Wildman–Crippen LogP) is 4.49. The first kappa shape index (κ1) is 11.3. The van der Waals surface area contributed by atoms with Crippen molar-refractivity contribution >= 4 is 10.9 Å². The molecule has 0 bridgehead atoms. The molecule has 1 aromatic heterocycles. The lowest BCUT2D eigenvalue weighted by Crippen LogP contribution is -1.99. The van der Waals surface area contributed by atoms with Crippen LogP contribution in [0.5, 0.6) is 0 Å². The highest BCUT2D eigenvalue weighted by atomic mass is 14.7. The number of benzene rings is 1. The van der Waals surface area contributed by atoms with Crippen molar-refractivity contribution < 1.29 is 0 Å². The molecule has 0 unspecified atom stereocenters. The third-order valence-electron chi connectivity index (χ3n) is 3.04. The maximum atomic E-state index is 3.57. The summed E-state index contributed by atoms with van der Waals surface area (Å²) < 4.78 is 0. The van der Waals surface area contributed by atoms with Gasteiger partial charge in [0.25, 0.3) is 0 Å². The van der Waals surface area contributed by atoms with Gasteiger partial charge in [0.2, 0.25) is 0 Å². The maximum absolute atomic E-state index is 3.57. The molecule has 0 aliphatic heterocycles. The van der Waals surface area contributed by atoms with Crippen molar-refractivity contribution in [3.63, 3.8) is 0 Å². The summed E-state index contributed by atoms with van der Waals surface area (Å²) in [5.41, 5.74) is 4.21. The monoisotopic (exact) mass is 215 g/mol. The fraction of sp³-hybridized carbons (Fsp3) is 0.467. The second-order valence-corrected chi connectivity index (χ2v) is 5.32. The molecule has 0 saturated carbocycles. The zero-order chi connectivity index (χ0) is 11.7. The van der Waals surface area contributed by atoms with Crippen LogP contribution in [0.15, 0.2) is 24.3 Å². The molecule has 1 N–H and O–H groups in total. The number of rotatable bonds is 3. The molecule has 1 aromatic carbocycles. The Morgan fingerprint density at radius 3 is 2.38 bits per heavy atom. The molecule has 0 aliphatic carbocycles. The Labute approximate surface area is 97.9 Å². The van der Waals surface area contributed by atoms with Crippen molar-refractivity contribution in [3.05, 3.63) is 35.5 Å². The van der Waals surface area contributed by atoms with E-state index in [9.17, 15) is 0 Å². The van der Waals surface area contributed by atoms with Crippen molar-refractivity contribution in [2.75, 3.05) is 0 Å². The van der Waals surface area contributed by atoms with E-state index in [1.807, 2.05) is 0 Å². The Morgan fingerprint density at radius 2 is 1.75 bits per heavy atom. The van der Waals surface area contributed by atoms with Crippen LogP contribution in [0.25, 0.3) is 10.9 Å². The summed E-state index contributed by atoms with van der Waals surface area (Å²) in [6, 6.07) is 8.63. The molecule has 0 spiro atoms. The van der Waals surface area contributed by atoms with E-state index in [0.29, 0.717) is 11.8 Å². The fourth-order valence-electron chi connectivity index (χ4n) is 2.34. The lowest BCUT2D eigenvalue weighted by Gasteiger charge is -2.09. The number of hydrogen-bond donors (Lipinski definition) is 1. The summed E-state index contributed by atoms with van der Waals surface area (Å²) in [7, 11) is 0. The van der Waals surface area contributed by atoms with Crippen molar-refractivity contribution in [3.8, 4) is 0 Å². The van der Waals surface area contributed by atoms with Gasteiger partial charge in [-0.05, 0) is 29.9 Å². The molecular weight excluding hydrogens is 194 g/mol. The first-order valence-electron chi connectivity index (χ1n) is 6.19. The molecule has 0 radical (unpaired) electrons. The van der Waals surface area contributed by atoms with Crippen LogP contribution in [-0.2, 0) is 6.42 Å². The van der Waals surface area contributed by atoms with E-state index < -0.39 is 0 Å². The Bertz CT molecular complexity index is 477. The molecule has 0 aliphatic rings. The van der Waals surface area contributed by atoms with E-state index >= 15 is 0 Å². The second-order valence-electron chi connectivity index (χ2n) is 5.32. The number of nitrogens with one attached hydrogen (secondary N) is 1. The average molecular weight is 215 g/mol. The largest absolute Gasteiger partial charge is 0.358 e. The second kappa shape index (κ2) is 4.32. The molecule has 0 fully saturated rings. The van der Waals surface area contributed by atoms with Gasteiger partial charge >= 0.3 is 0 Å². The lowest BCUT2D eigenvalue weighted by atomic mass is 9.96. The van der Waals surface area contributed by atoms with Gasteiger partial charge < -0.3 is 4.98 Å². The van der Waals surface area contributed by atoms with Gasteiger partial charge in [-0.1, -0.05) is 45.9 Å². The zero-order valence-electron chi connectivity index (χ0n) is 10.7. The standard InChI is InChI=1S/C15H21N/c1-10(2)9-13-12-7-5-6-8-14(12)16-15(13)11(3)4/h5-8,10-11,16H,9H2,1-4H3. The molecule has 0 saturated heterocycles. The van der Waals surface area contributed by atoms with Gasteiger partial charge in [0, 0.05) is 16.6 Å². The van der Waals surface area contributed by atoms with Gasteiger partial charge in [-0.2, -0.15) is 0 Å². The highest BCUT2D eigenvalue weighted by Crippen LogP contribution is 2.29. The van der Waals surface area contributed by atoms with Gasteiger partial charge in [0.1, 0.15) is 0 Å². The van der Waals surface area contributed by atoms with Crippen LogP contribution in [0.1, 0.15) is 44.9 Å². The summed E-state index contributed by atoms with van der Waals surface area (Å²) in [6.45, 7) is 9.08. The Morgan fingerprint density at radius 1 is 1.06 bits per heavy atom. The van der Waals surface area contributed by atoms with Crippen LogP contribution in [0.3, 0.4) is 0 Å². The van der Waals surface area contributed by atoms with E-state index in [1.54, 1.807) is 0 Å². The molecule has 86 valence electrons. The minimum Gasteiger partial charge on any atom is -0.358 e. The SMILES string of the molecule is CC(C)Cc1c(C(C)C)[nH]c2ccccc12. The molecule has 1 nitrogen and oxygen atoms in total. The normalized spacial score (nSPS) is 11.9. The summed E-state index contributed by atoms with van der Waals surface area (Å²) >= 11 is 0. The van der Waals surface area contributed by atoms with Gasteiger partial charge in [0.05, 0.1) is 0 Å². The van der Waals surface area contributed by atoms with Crippen molar-refractivity contribution in [1.82, 2.24) is 4.98 Å². The van der Waals surface area contributed by atoms with E-state index in [-0.39, 0.29) is 0 Å². The summed E-state index contributed by atoms with van der Waals surface area (Å²) in [6.07, 6.45) is 1.16. The summed E-state index contributed by atoms with van der Waals surface area (Å²) in [4.78, 5) is 3.57. The highest BCUT2D eigenvalue weighted by molar-refractivity contribution is 5.84. The molecule has 16 heavy (non-hydrogen) atoms. The molecule has 0 amide bonds. The zero-order valence-corrected chi connectivity index (χ0v) is 10.7. The molecule has 1 heteroatoms. The average Bonchev–Trinajstić information content (AvgIpc) is 2.57. The predicted molar refractivity (Wildman–Crippen MR) is 70.9 cm³/mol. The van der Waals surface area contributed by atoms with E-state index in [1.165, 1.54) is 22.2 Å². The van der Waals surface area contributed by atoms with Crippen LogP contribution < -0.4 is 0 Å². The minimum atomic E-state index is 0.571. The van der Waals surface area contributed by atoms with E-state index in [2.05, 4.69) is 56.9 Å². The van der Waals surface area contributed by atoms with Gasteiger partial charge in [-0.15, -0.1) is 0 Å². The summed E-state index contributed by atoms with van der Waals surface area (Å²) in [5, 5.41) is 1.40. The Hall–Kier alpha value is -1.24. The van der Waals surface area contributed by atoms with Crippen LogP contribution in [0.4, 0.5) is 0 Å². The number of aromatic nitrogens is 1. The number of aromatic amines is 1. The van der Waals surface area contributed by atoms with Crippen molar-refractivity contribution in [2.24, 2.45) is 5.92 Å². The first-order valence-corrected chi connectivity index (χ1v) is 6.19. The highest BCUT2D eigenvalue weighted by Gasteiger charge is 2.14. The minimum absolute atomic E-state index is 0.571. The molecular formula is C15H21N. The smallest absolute Gasteiger partial charge is 0.0459 e. The number of H-pyrrole nitrogens is 1. The first-order chi connectivity index (χ1) is 7.59. The topological polar surface area (TPSA) is 15.8 Å². The van der Waals surface area contributed by atoms with E-state index in [4.69, 9.17) is 0 Å². The van der Waals surface area contributed by atoms with Gasteiger partial charge in [-0.25, -0.2) is 0 Å². The molecule has 1 heterocycles. The third-order valence-corrected chi connectivity index (χ3v) is 3.04. The van der Waals surface area contributed by atoms with Gasteiger partial charge in [0.15, 0.2) is 0 Å². The number of para-hydroxylation sites is 1. The quantitative estimate of drug-likeness (QED) is 0.776. The van der Waals surface area contributed by atoms with Crippen LogP contribution in [-0.4, -0.2) is 4.98 Å². The fourth-order valence-corrected chi connectivity index (χ4v) is 2.34. The molecule has 2 rings (SSSR count). The molecule has 0 atom stereocenters. The van der Waals surface area contributed by atoms with Gasteiger partial charge in [-0.3, -0.25) is 0 Å². The van der Waals surface area contributed by atoms with E-state index in [0.717, 1.165) is 6.42 Å². The number of fused-ring (bicyclic) bond motifs is 1. The molecule has 2 aromatic rings. The Kier molecular flexibility index (Phi) is 3.04. The van der Waals surface area contributed by atoms with Crippen LogP contribution in [0, 0.1) is 5.92 Å². The van der Waals surface area contributed by atoms with Crippen LogP contribution >= 0.6 is 0 Å².